The molecule has 0 bridgehead atoms. The average molecular weight is 309 g/mol. The van der Waals surface area contributed by atoms with Crippen LogP contribution in [0.1, 0.15) is 47.5 Å². The molecule has 2 N–H and O–H groups in total. The van der Waals surface area contributed by atoms with Gasteiger partial charge in [0.1, 0.15) is 5.69 Å². The van der Waals surface area contributed by atoms with Gasteiger partial charge in [-0.25, -0.2) is 0 Å². The van der Waals surface area contributed by atoms with Gasteiger partial charge in [0.25, 0.3) is 0 Å². The highest BCUT2D eigenvalue weighted by Gasteiger charge is 2.27. The Morgan fingerprint density at radius 3 is 2.76 bits per heavy atom. The fourth-order valence-corrected chi connectivity index (χ4v) is 2.62. The molecule has 1 amide bonds. The number of carbonyl (C=O) groups excluding carboxylic acids is 3. The van der Waals surface area contributed by atoms with Crippen LogP contribution in [0, 0.1) is 0 Å². The third-order valence-corrected chi connectivity index (χ3v) is 3.81. The number of nitrogens with one attached hydrogen (secondary N) is 2. The van der Waals surface area contributed by atoms with E-state index >= 15 is 0 Å². The first-order chi connectivity index (χ1) is 10.1. The van der Waals surface area contributed by atoms with E-state index in [2.05, 4.69) is 15.5 Å². The smallest absolute Gasteiger partial charge is 0.219 e. The van der Waals surface area contributed by atoms with Gasteiger partial charge in [0.05, 0.1) is 16.7 Å². The summed E-state index contributed by atoms with van der Waals surface area (Å²) >= 11 is 1.30. The summed E-state index contributed by atoms with van der Waals surface area (Å²) in [5, 5.41) is 8.76. The zero-order valence-corrected chi connectivity index (χ0v) is 13.2. The first-order valence-corrected chi connectivity index (χ1v) is 7.79. The van der Waals surface area contributed by atoms with Crippen molar-refractivity contribution >= 4 is 29.2 Å². The monoisotopic (exact) mass is 309 g/mol. The van der Waals surface area contributed by atoms with Crippen LogP contribution in [0.4, 0.5) is 0 Å². The van der Waals surface area contributed by atoms with E-state index in [4.69, 9.17) is 0 Å². The summed E-state index contributed by atoms with van der Waals surface area (Å²) in [6, 6.07) is 0. The van der Waals surface area contributed by atoms with Crippen molar-refractivity contribution in [3.63, 3.8) is 0 Å². The minimum absolute atomic E-state index is 0.0299. The number of aromatic amines is 1. The van der Waals surface area contributed by atoms with Crippen molar-refractivity contribution < 1.29 is 14.4 Å². The zero-order valence-electron chi connectivity index (χ0n) is 12.4. The Labute approximate surface area is 127 Å². The molecule has 0 spiro atoms. The fraction of sp³-hybridized carbons (Fsp3) is 0.429. The third-order valence-electron chi connectivity index (χ3n) is 2.70. The van der Waals surface area contributed by atoms with Crippen LogP contribution < -0.4 is 5.32 Å². The molecule has 6 nitrogen and oxygen atoms in total. The molecule has 0 aromatic carbocycles. The second-order valence-corrected chi connectivity index (χ2v) is 5.12. The van der Waals surface area contributed by atoms with Gasteiger partial charge < -0.3 is 5.32 Å². The molecule has 21 heavy (non-hydrogen) atoms. The number of Topliss-reactive ketones (excluding diaryl/α,β-unsaturated/α-hetero) is 1. The molecule has 1 aliphatic rings. The van der Waals surface area contributed by atoms with Crippen molar-refractivity contribution in [1.82, 2.24) is 15.5 Å². The Hall–Kier alpha value is -1.89. The number of aromatic nitrogens is 2. The van der Waals surface area contributed by atoms with Crippen LogP contribution >= 0.6 is 11.8 Å². The predicted octanol–water partition coefficient (Wildman–Crippen LogP) is 1.96. The lowest BCUT2D eigenvalue weighted by molar-refractivity contribution is -0.120. The van der Waals surface area contributed by atoms with Crippen molar-refractivity contribution in [2.75, 3.05) is 12.8 Å². The number of allylic oxidation sites excluding steroid dienone is 2. The van der Waals surface area contributed by atoms with E-state index in [0.29, 0.717) is 29.1 Å². The molecule has 2 rings (SSSR count). The molecule has 114 valence electrons. The number of rotatable bonds is 5. The highest BCUT2D eigenvalue weighted by atomic mass is 32.2. The Morgan fingerprint density at radius 2 is 2.10 bits per heavy atom. The highest BCUT2D eigenvalue weighted by molar-refractivity contribution is 8.04. The van der Waals surface area contributed by atoms with E-state index < -0.39 is 0 Å². The molecule has 7 heteroatoms. The van der Waals surface area contributed by atoms with Gasteiger partial charge in [0.15, 0.2) is 0 Å². The summed E-state index contributed by atoms with van der Waals surface area (Å²) in [5.74, 6) is 0.165. The van der Waals surface area contributed by atoms with Crippen molar-refractivity contribution in [2.24, 2.45) is 0 Å². The van der Waals surface area contributed by atoms with E-state index in [0.717, 1.165) is 0 Å². The molecular weight excluding hydrogens is 290 g/mol. The normalized spacial score (nSPS) is 13.0. The minimum atomic E-state index is -0.235. The van der Waals surface area contributed by atoms with Crippen LogP contribution in [-0.2, 0) is 4.79 Å². The summed E-state index contributed by atoms with van der Waals surface area (Å²) in [5.41, 5.74) is 0.570. The van der Waals surface area contributed by atoms with Crippen LogP contribution in [0.3, 0.4) is 0 Å². The maximum absolute atomic E-state index is 12.0. The van der Waals surface area contributed by atoms with Gasteiger partial charge in [-0.05, 0) is 12.2 Å². The number of fused-ring (bicyclic) bond motifs is 1. The molecule has 0 atom stereocenters. The molecule has 1 heterocycles. The van der Waals surface area contributed by atoms with E-state index in [-0.39, 0.29) is 23.2 Å². The maximum atomic E-state index is 12.0. The van der Waals surface area contributed by atoms with Gasteiger partial charge in [0, 0.05) is 19.5 Å². The minimum Gasteiger partial charge on any atom is -0.359 e. The van der Waals surface area contributed by atoms with Crippen LogP contribution in [-0.4, -0.2) is 40.5 Å². The van der Waals surface area contributed by atoms with Crippen LogP contribution in [0.15, 0.2) is 17.2 Å². The van der Waals surface area contributed by atoms with Crippen molar-refractivity contribution in [2.45, 2.75) is 26.7 Å². The average Bonchev–Trinajstić information content (AvgIpc) is 3.00. The molecule has 0 saturated carbocycles. The van der Waals surface area contributed by atoms with E-state index in [1.165, 1.54) is 24.0 Å². The number of ketones is 2. The quantitative estimate of drug-likeness (QED) is 0.811. The largest absolute Gasteiger partial charge is 0.359 e. The van der Waals surface area contributed by atoms with Gasteiger partial charge in [-0.2, -0.15) is 5.10 Å². The molecule has 1 aliphatic carbocycles. The molecule has 1 aromatic rings. The molecule has 1 aromatic heterocycles. The maximum Gasteiger partial charge on any atom is 0.219 e. The number of H-pyrrole nitrogens is 1. The summed E-state index contributed by atoms with van der Waals surface area (Å²) in [7, 11) is 1.59. The zero-order chi connectivity index (χ0) is 15.8. The van der Waals surface area contributed by atoms with Crippen LogP contribution in [0.5, 0.6) is 0 Å². The molecular formula is C14H19N3O3S. The van der Waals surface area contributed by atoms with Crippen LogP contribution in [0.2, 0.25) is 0 Å². The lowest BCUT2D eigenvalue weighted by Crippen LogP contribution is -2.17. The molecule has 0 saturated heterocycles. The van der Waals surface area contributed by atoms with E-state index in [9.17, 15) is 14.4 Å². The Balaban J connectivity index is 0.00000106. The standard InChI is InChI=1S/C12H13N3O3S.C2H6/c1-13-10(17)3-2-4-19-9-5-8(16)11-7(12(9)18)6-14-15-11;1-2/h5-6H,2-4H2,1H3,(H,13,17)(H,14,15);1-2H3. The number of hydrogen-bond donors (Lipinski definition) is 2. The SMILES string of the molecule is CC.CNC(=O)CCCSC1=CC(=O)c2[nH]ncc2C1=O. The van der Waals surface area contributed by atoms with Gasteiger partial charge in [-0.1, -0.05) is 13.8 Å². The van der Waals surface area contributed by atoms with Gasteiger partial charge >= 0.3 is 0 Å². The highest BCUT2D eigenvalue weighted by Crippen LogP contribution is 2.27. The first-order valence-electron chi connectivity index (χ1n) is 6.81. The Kier molecular flexibility index (Phi) is 6.87. The topological polar surface area (TPSA) is 91.9 Å². The Bertz CT molecular complexity index is 564. The second kappa shape index (κ2) is 8.41. The molecule has 0 fully saturated rings. The van der Waals surface area contributed by atoms with Crippen molar-refractivity contribution in [3.05, 3.63) is 28.4 Å². The Morgan fingerprint density at radius 1 is 1.38 bits per heavy atom. The third kappa shape index (κ3) is 4.29. The van der Waals surface area contributed by atoms with E-state index in [1.54, 1.807) is 7.05 Å². The summed E-state index contributed by atoms with van der Waals surface area (Å²) in [6.45, 7) is 4.00. The van der Waals surface area contributed by atoms with Crippen molar-refractivity contribution in [3.8, 4) is 0 Å². The molecule has 0 radical (unpaired) electrons. The summed E-state index contributed by atoms with van der Waals surface area (Å²) < 4.78 is 0. The first kappa shape index (κ1) is 17.2. The van der Waals surface area contributed by atoms with E-state index in [1.807, 2.05) is 13.8 Å². The van der Waals surface area contributed by atoms with Gasteiger partial charge in [-0.15, -0.1) is 11.8 Å². The lowest BCUT2D eigenvalue weighted by Gasteiger charge is -2.10. The predicted molar refractivity (Wildman–Crippen MR) is 82.4 cm³/mol. The van der Waals surface area contributed by atoms with Gasteiger partial charge in [0.2, 0.25) is 17.5 Å². The molecule has 0 unspecified atom stereocenters. The second-order valence-electron chi connectivity index (χ2n) is 3.99. The van der Waals surface area contributed by atoms with Crippen molar-refractivity contribution in [1.29, 1.82) is 0 Å². The number of amides is 1. The molecule has 0 aliphatic heterocycles. The fourth-order valence-electron chi connectivity index (χ4n) is 1.68. The number of carbonyl (C=O) groups is 3. The number of hydrogen-bond acceptors (Lipinski definition) is 5. The van der Waals surface area contributed by atoms with Crippen LogP contribution in [0.25, 0.3) is 0 Å². The number of thioether (sulfide) groups is 1. The number of nitrogens with zero attached hydrogens (tertiary/aromatic N) is 1. The lowest BCUT2D eigenvalue weighted by atomic mass is 10.0. The van der Waals surface area contributed by atoms with Gasteiger partial charge in [-0.3, -0.25) is 19.5 Å². The summed E-state index contributed by atoms with van der Waals surface area (Å²) in [6.07, 6.45) is 3.76. The summed E-state index contributed by atoms with van der Waals surface area (Å²) in [4.78, 5) is 35.2.